The molecule has 0 saturated carbocycles. The van der Waals surface area contributed by atoms with E-state index in [2.05, 4.69) is 20.4 Å². The summed E-state index contributed by atoms with van der Waals surface area (Å²) >= 11 is 1.70. The van der Waals surface area contributed by atoms with Gasteiger partial charge in [0.15, 0.2) is 0 Å². The minimum Gasteiger partial charge on any atom is -0.463 e. The van der Waals surface area contributed by atoms with Crippen LogP contribution in [0.25, 0.3) is 0 Å². The van der Waals surface area contributed by atoms with E-state index in [1.54, 1.807) is 11.3 Å². The van der Waals surface area contributed by atoms with E-state index in [4.69, 9.17) is 0 Å². The van der Waals surface area contributed by atoms with Crippen molar-refractivity contribution >= 4 is 17.8 Å². The van der Waals surface area contributed by atoms with Gasteiger partial charge < -0.3 is 10.1 Å². The van der Waals surface area contributed by atoms with Gasteiger partial charge in [0.25, 0.3) is 6.47 Å². The zero-order chi connectivity index (χ0) is 15.5. The highest BCUT2D eigenvalue weighted by atomic mass is 32.1. The predicted octanol–water partition coefficient (Wildman–Crippen LogP) is 3.04. The van der Waals surface area contributed by atoms with E-state index in [1.165, 1.54) is 31.6 Å². The second-order valence-electron chi connectivity index (χ2n) is 5.29. The first-order valence-electron chi connectivity index (χ1n) is 7.55. The number of hydrogen-bond donors (Lipinski definition) is 1. The van der Waals surface area contributed by atoms with Gasteiger partial charge in [-0.1, -0.05) is 30.3 Å². The number of rotatable bonds is 5. The maximum atomic E-state index is 9.76. The second kappa shape index (κ2) is 10.1. The van der Waals surface area contributed by atoms with Crippen molar-refractivity contribution < 1.29 is 9.53 Å². The quantitative estimate of drug-likeness (QED) is 0.861. The minimum absolute atomic E-state index is 0.365. The maximum absolute atomic E-state index is 9.76. The average Bonchev–Trinajstić information content (AvgIpc) is 3.08. The fourth-order valence-corrected chi connectivity index (χ4v) is 3.01. The molecule has 3 rings (SSSR count). The number of aromatic nitrogens is 1. The van der Waals surface area contributed by atoms with Crippen LogP contribution >= 0.6 is 11.3 Å². The first-order chi connectivity index (χ1) is 10.9. The Morgan fingerprint density at radius 3 is 2.86 bits per heavy atom. The molecule has 2 aromatic rings. The molecule has 0 spiro atoms. The van der Waals surface area contributed by atoms with Crippen LogP contribution in [-0.4, -0.2) is 24.5 Å². The summed E-state index contributed by atoms with van der Waals surface area (Å²) in [6.07, 6.45) is 3.86. The molecule has 0 radical (unpaired) electrons. The normalized spacial score (nSPS) is 17.2. The summed E-state index contributed by atoms with van der Waals surface area (Å²) in [7, 11) is 0. The van der Waals surface area contributed by atoms with Gasteiger partial charge in [-0.25, -0.2) is 4.98 Å². The Bertz CT molecular complexity index is 511. The van der Waals surface area contributed by atoms with E-state index in [-0.39, 0.29) is 0 Å². The molecular formula is C17H22N2O2S. The summed E-state index contributed by atoms with van der Waals surface area (Å²) in [5.41, 5.74) is 4.20. The van der Waals surface area contributed by atoms with Crippen molar-refractivity contribution in [1.82, 2.24) is 10.3 Å². The van der Waals surface area contributed by atoms with Crippen LogP contribution in [0.15, 0.2) is 41.2 Å². The monoisotopic (exact) mass is 318 g/mol. The number of carbonyl (C=O) groups excluding carboxylic acids is 1. The summed E-state index contributed by atoms with van der Waals surface area (Å²) in [5.74, 6) is 0.820. The SMILES string of the molecule is O=COCc1ccccc1.c1nc(C[C@H]2CCCNC2)cs1. The highest BCUT2D eigenvalue weighted by Gasteiger charge is 2.13. The summed E-state index contributed by atoms with van der Waals surface area (Å²) in [6, 6.07) is 9.55. The van der Waals surface area contributed by atoms with Crippen LogP contribution in [0.4, 0.5) is 0 Å². The summed E-state index contributed by atoms with van der Waals surface area (Å²) in [5, 5.41) is 5.58. The molecule has 2 heterocycles. The maximum Gasteiger partial charge on any atom is 0.293 e. The van der Waals surface area contributed by atoms with Gasteiger partial charge >= 0.3 is 0 Å². The molecule has 1 N–H and O–H groups in total. The number of hydrogen-bond acceptors (Lipinski definition) is 5. The first kappa shape index (κ1) is 16.6. The van der Waals surface area contributed by atoms with Crippen LogP contribution < -0.4 is 5.32 Å². The number of nitrogens with zero attached hydrogens (tertiary/aromatic N) is 1. The van der Waals surface area contributed by atoms with Gasteiger partial charge in [-0.3, -0.25) is 4.79 Å². The van der Waals surface area contributed by atoms with Crippen molar-refractivity contribution in [2.75, 3.05) is 13.1 Å². The van der Waals surface area contributed by atoms with E-state index < -0.39 is 0 Å². The second-order valence-corrected chi connectivity index (χ2v) is 6.01. The molecule has 1 aromatic carbocycles. The van der Waals surface area contributed by atoms with E-state index in [1.807, 2.05) is 35.8 Å². The lowest BCUT2D eigenvalue weighted by molar-refractivity contribution is -0.129. The fraction of sp³-hybridized carbons (Fsp3) is 0.412. The van der Waals surface area contributed by atoms with Gasteiger partial charge in [0.05, 0.1) is 11.2 Å². The number of ether oxygens (including phenoxy) is 1. The van der Waals surface area contributed by atoms with Crippen LogP contribution in [0.5, 0.6) is 0 Å². The smallest absolute Gasteiger partial charge is 0.293 e. The lowest BCUT2D eigenvalue weighted by Crippen LogP contribution is -2.30. The molecule has 0 aliphatic carbocycles. The minimum atomic E-state index is 0.365. The molecular weight excluding hydrogens is 296 g/mol. The molecule has 0 bridgehead atoms. The van der Waals surface area contributed by atoms with Crippen LogP contribution in [0.1, 0.15) is 24.1 Å². The average molecular weight is 318 g/mol. The van der Waals surface area contributed by atoms with Gasteiger partial charge in [-0.2, -0.15) is 0 Å². The molecule has 22 heavy (non-hydrogen) atoms. The topological polar surface area (TPSA) is 51.2 Å². The van der Waals surface area contributed by atoms with E-state index >= 15 is 0 Å². The predicted molar refractivity (Wildman–Crippen MR) is 88.7 cm³/mol. The molecule has 1 aliphatic rings. The van der Waals surface area contributed by atoms with Gasteiger partial charge in [0.2, 0.25) is 0 Å². The molecule has 1 fully saturated rings. The van der Waals surface area contributed by atoms with Crippen LogP contribution in [0, 0.1) is 5.92 Å². The zero-order valence-electron chi connectivity index (χ0n) is 12.6. The number of carbonyl (C=O) groups is 1. The number of piperidine rings is 1. The van der Waals surface area contributed by atoms with Crippen molar-refractivity contribution in [3.05, 3.63) is 52.5 Å². The standard InChI is InChI=1S/C9H14N2S.C8H8O2/c1-2-8(5-10-3-1)4-9-6-12-7-11-9;9-7-10-6-8-4-2-1-3-5-8/h6-8,10H,1-5H2;1-5,7H,6H2/t8-;/m1./s1. The van der Waals surface area contributed by atoms with Crippen molar-refractivity contribution in [3.8, 4) is 0 Å². The highest BCUT2D eigenvalue weighted by molar-refractivity contribution is 7.07. The third-order valence-corrected chi connectivity index (χ3v) is 4.18. The van der Waals surface area contributed by atoms with Gasteiger partial charge in [-0.15, -0.1) is 11.3 Å². The first-order valence-corrected chi connectivity index (χ1v) is 8.49. The molecule has 1 aliphatic heterocycles. The highest BCUT2D eigenvalue weighted by Crippen LogP contribution is 2.15. The molecule has 0 amide bonds. The Morgan fingerprint density at radius 1 is 1.36 bits per heavy atom. The Balaban J connectivity index is 0.000000164. The number of thiazole rings is 1. The van der Waals surface area contributed by atoms with Crippen molar-refractivity contribution in [2.24, 2.45) is 5.92 Å². The van der Waals surface area contributed by atoms with Gasteiger partial charge in [0, 0.05) is 5.38 Å². The molecule has 4 nitrogen and oxygen atoms in total. The summed E-state index contributed by atoms with van der Waals surface area (Å²) in [4.78, 5) is 14.1. The Labute approximate surface area is 135 Å². The lowest BCUT2D eigenvalue weighted by atomic mass is 9.95. The third-order valence-electron chi connectivity index (χ3n) is 3.54. The fourth-order valence-electron chi connectivity index (χ4n) is 2.44. The Kier molecular flexibility index (Phi) is 7.63. The molecule has 1 aromatic heterocycles. The van der Waals surface area contributed by atoms with Crippen LogP contribution in [-0.2, 0) is 22.6 Å². The molecule has 118 valence electrons. The molecule has 5 heteroatoms. The van der Waals surface area contributed by atoms with Crippen molar-refractivity contribution in [3.63, 3.8) is 0 Å². The molecule has 1 saturated heterocycles. The summed E-state index contributed by atoms with van der Waals surface area (Å²) in [6.45, 7) is 3.20. The van der Waals surface area contributed by atoms with Gasteiger partial charge in [0.1, 0.15) is 6.61 Å². The number of benzene rings is 1. The van der Waals surface area contributed by atoms with E-state index in [9.17, 15) is 4.79 Å². The zero-order valence-corrected chi connectivity index (χ0v) is 13.4. The Morgan fingerprint density at radius 2 is 2.23 bits per heavy atom. The Hall–Kier alpha value is -1.72. The lowest BCUT2D eigenvalue weighted by Gasteiger charge is -2.21. The summed E-state index contributed by atoms with van der Waals surface area (Å²) < 4.78 is 4.54. The van der Waals surface area contributed by atoms with E-state index in [0.29, 0.717) is 13.1 Å². The molecule has 0 unspecified atom stereocenters. The van der Waals surface area contributed by atoms with Crippen molar-refractivity contribution in [2.45, 2.75) is 25.9 Å². The van der Waals surface area contributed by atoms with Crippen molar-refractivity contribution in [1.29, 1.82) is 0 Å². The van der Waals surface area contributed by atoms with Crippen LogP contribution in [0.2, 0.25) is 0 Å². The third kappa shape index (κ3) is 6.37. The van der Waals surface area contributed by atoms with Gasteiger partial charge in [-0.05, 0) is 43.8 Å². The van der Waals surface area contributed by atoms with E-state index in [0.717, 1.165) is 17.9 Å². The largest absolute Gasteiger partial charge is 0.463 e. The number of nitrogens with one attached hydrogen (secondary N) is 1. The van der Waals surface area contributed by atoms with Crippen LogP contribution in [0.3, 0.4) is 0 Å². The molecule has 1 atom stereocenters.